The average Bonchev–Trinajstić information content (AvgIpc) is 2.87. The molecule has 2 heterocycles. The lowest BCUT2D eigenvalue weighted by Crippen LogP contribution is -2.46. The number of piperidine rings is 1. The van der Waals surface area contributed by atoms with Crippen LogP contribution in [0.4, 0.5) is 0 Å². The van der Waals surface area contributed by atoms with E-state index in [0.29, 0.717) is 30.6 Å². The molecule has 0 spiro atoms. The smallest absolute Gasteiger partial charge is 0.320 e. The zero-order chi connectivity index (χ0) is 14.7. The molecule has 6 heteroatoms. The lowest BCUT2D eigenvalue weighted by Gasteiger charge is -2.36. The number of carboxylic acids is 1. The Morgan fingerprint density at radius 1 is 1.55 bits per heavy atom. The van der Waals surface area contributed by atoms with Gasteiger partial charge in [-0.1, -0.05) is 32.3 Å². The Labute approximate surface area is 119 Å². The molecule has 112 valence electrons. The molecule has 20 heavy (non-hydrogen) atoms. The molecule has 1 aromatic rings. The van der Waals surface area contributed by atoms with Gasteiger partial charge in [-0.3, -0.25) is 9.69 Å². The van der Waals surface area contributed by atoms with Crippen molar-refractivity contribution in [1.29, 1.82) is 0 Å². The SMILES string of the molecule is CCC1CCN(Cc2noc(C(C)C)n2)C(C(=O)O)C1. The summed E-state index contributed by atoms with van der Waals surface area (Å²) in [6.45, 7) is 7.33. The fourth-order valence-electron chi connectivity index (χ4n) is 2.65. The highest BCUT2D eigenvalue weighted by molar-refractivity contribution is 5.73. The highest BCUT2D eigenvalue weighted by Gasteiger charge is 2.33. The van der Waals surface area contributed by atoms with Crippen LogP contribution in [0.2, 0.25) is 0 Å². The van der Waals surface area contributed by atoms with E-state index in [4.69, 9.17) is 4.52 Å². The number of aliphatic carboxylic acids is 1. The van der Waals surface area contributed by atoms with Crippen LogP contribution < -0.4 is 0 Å². The Hall–Kier alpha value is -1.43. The molecule has 1 fully saturated rings. The average molecular weight is 281 g/mol. The maximum Gasteiger partial charge on any atom is 0.320 e. The highest BCUT2D eigenvalue weighted by Crippen LogP contribution is 2.26. The molecule has 1 N–H and O–H groups in total. The Morgan fingerprint density at radius 3 is 2.85 bits per heavy atom. The van der Waals surface area contributed by atoms with Gasteiger partial charge in [0.15, 0.2) is 5.82 Å². The summed E-state index contributed by atoms with van der Waals surface area (Å²) in [5.41, 5.74) is 0. The van der Waals surface area contributed by atoms with E-state index in [1.807, 2.05) is 18.7 Å². The van der Waals surface area contributed by atoms with Crippen LogP contribution in [0.3, 0.4) is 0 Å². The molecule has 1 aliphatic rings. The molecule has 1 aromatic heterocycles. The molecule has 0 saturated carbocycles. The molecule has 2 unspecified atom stereocenters. The first-order valence-corrected chi connectivity index (χ1v) is 7.30. The van der Waals surface area contributed by atoms with Crippen molar-refractivity contribution in [2.24, 2.45) is 5.92 Å². The van der Waals surface area contributed by atoms with E-state index in [1.165, 1.54) is 0 Å². The third kappa shape index (κ3) is 3.36. The second-order valence-corrected chi connectivity index (χ2v) is 5.83. The molecule has 2 rings (SSSR count). The predicted octanol–water partition coefficient (Wildman–Crippen LogP) is 2.27. The summed E-state index contributed by atoms with van der Waals surface area (Å²) in [4.78, 5) is 17.7. The summed E-state index contributed by atoms with van der Waals surface area (Å²) in [6, 6.07) is -0.435. The molecule has 0 radical (unpaired) electrons. The molecule has 0 aromatic carbocycles. The molecule has 6 nitrogen and oxygen atoms in total. The predicted molar refractivity (Wildman–Crippen MR) is 73.2 cm³/mol. The molecule has 0 amide bonds. The maximum absolute atomic E-state index is 11.4. The molecular formula is C14H23N3O3. The summed E-state index contributed by atoms with van der Waals surface area (Å²) in [5.74, 6) is 1.13. The standard InChI is InChI=1S/C14H23N3O3/c1-4-10-5-6-17(11(7-10)14(18)19)8-12-15-13(9(2)3)20-16-12/h9-11H,4-8H2,1-3H3,(H,18,19). The van der Waals surface area contributed by atoms with E-state index in [1.54, 1.807) is 0 Å². The number of hydrogen-bond acceptors (Lipinski definition) is 5. The van der Waals surface area contributed by atoms with Gasteiger partial charge in [0.2, 0.25) is 5.89 Å². The van der Waals surface area contributed by atoms with Crippen LogP contribution in [0.25, 0.3) is 0 Å². The summed E-state index contributed by atoms with van der Waals surface area (Å²) in [7, 11) is 0. The molecule has 0 aliphatic carbocycles. The molecule has 2 atom stereocenters. The topological polar surface area (TPSA) is 79.5 Å². The summed E-state index contributed by atoms with van der Waals surface area (Å²) >= 11 is 0. The summed E-state index contributed by atoms with van der Waals surface area (Å²) in [6.07, 6.45) is 2.78. The zero-order valence-corrected chi connectivity index (χ0v) is 12.4. The first kappa shape index (κ1) is 15.0. The summed E-state index contributed by atoms with van der Waals surface area (Å²) < 4.78 is 5.17. The Balaban J connectivity index is 2.04. The van der Waals surface area contributed by atoms with Crippen LogP contribution in [0.15, 0.2) is 4.52 Å². The van der Waals surface area contributed by atoms with Crippen molar-refractivity contribution in [2.45, 2.75) is 58.5 Å². The van der Waals surface area contributed by atoms with E-state index in [-0.39, 0.29) is 5.92 Å². The molecular weight excluding hydrogens is 258 g/mol. The number of carboxylic acid groups (broad SMARTS) is 1. The van der Waals surface area contributed by atoms with Crippen molar-refractivity contribution in [1.82, 2.24) is 15.0 Å². The fourth-order valence-corrected chi connectivity index (χ4v) is 2.65. The molecule has 1 aliphatic heterocycles. The van der Waals surface area contributed by atoms with E-state index in [0.717, 1.165) is 19.4 Å². The van der Waals surface area contributed by atoms with Gasteiger partial charge >= 0.3 is 5.97 Å². The van der Waals surface area contributed by atoms with E-state index >= 15 is 0 Å². The van der Waals surface area contributed by atoms with Crippen molar-refractivity contribution in [3.05, 3.63) is 11.7 Å². The third-order valence-electron chi connectivity index (χ3n) is 4.01. The van der Waals surface area contributed by atoms with Gasteiger partial charge in [0.05, 0.1) is 6.54 Å². The largest absolute Gasteiger partial charge is 0.480 e. The molecule has 0 bridgehead atoms. The van der Waals surface area contributed by atoms with E-state index in [9.17, 15) is 9.90 Å². The van der Waals surface area contributed by atoms with Gasteiger partial charge in [-0.05, 0) is 25.3 Å². The first-order chi connectivity index (χ1) is 9.51. The Kier molecular flexibility index (Phi) is 4.75. The minimum Gasteiger partial charge on any atom is -0.480 e. The van der Waals surface area contributed by atoms with Gasteiger partial charge in [0.1, 0.15) is 6.04 Å². The van der Waals surface area contributed by atoms with Crippen LogP contribution in [-0.2, 0) is 11.3 Å². The second kappa shape index (κ2) is 6.35. The van der Waals surface area contributed by atoms with Crippen molar-refractivity contribution in [3.8, 4) is 0 Å². The normalized spacial score (nSPS) is 24.2. The quantitative estimate of drug-likeness (QED) is 0.891. The van der Waals surface area contributed by atoms with Crippen LogP contribution in [0.1, 0.15) is 57.7 Å². The van der Waals surface area contributed by atoms with Crippen molar-refractivity contribution < 1.29 is 14.4 Å². The van der Waals surface area contributed by atoms with Gasteiger partial charge < -0.3 is 9.63 Å². The number of rotatable bonds is 5. The van der Waals surface area contributed by atoms with Crippen molar-refractivity contribution >= 4 is 5.97 Å². The van der Waals surface area contributed by atoms with Crippen molar-refractivity contribution in [3.63, 3.8) is 0 Å². The van der Waals surface area contributed by atoms with Crippen LogP contribution in [0, 0.1) is 5.92 Å². The van der Waals surface area contributed by atoms with Crippen LogP contribution in [0.5, 0.6) is 0 Å². The summed E-state index contributed by atoms with van der Waals surface area (Å²) in [5, 5.41) is 13.3. The first-order valence-electron chi connectivity index (χ1n) is 7.30. The Morgan fingerprint density at radius 2 is 2.30 bits per heavy atom. The van der Waals surface area contributed by atoms with Gasteiger partial charge in [0.25, 0.3) is 0 Å². The second-order valence-electron chi connectivity index (χ2n) is 5.83. The van der Waals surface area contributed by atoms with E-state index < -0.39 is 12.0 Å². The van der Waals surface area contributed by atoms with Crippen LogP contribution >= 0.6 is 0 Å². The van der Waals surface area contributed by atoms with Crippen LogP contribution in [-0.4, -0.2) is 38.7 Å². The van der Waals surface area contributed by atoms with Gasteiger partial charge in [-0.2, -0.15) is 4.98 Å². The van der Waals surface area contributed by atoms with Gasteiger partial charge in [0, 0.05) is 5.92 Å². The Bertz CT molecular complexity index is 458. The third-order valence-corrected chi connectivity index (χ3v) is 4.01. The molecule has 1 saturated heterocycles. The maximum atomic E-state index is 11.4. The van der Waals surface area contributed by atoms with Crippen molar-refractivity contribution in [2.75, 3.05) is 6.54 Å². The monoisotopic (exact) mass is 281 g/mol. The fraction of sp³-hybridized carbons (Fsp3) is 0.786. The zero-order valence-electron chi connectivity index (χ0n) is 12.4. The lowest BCUT2D eigenvalue weighted by molar-refractivity contribution is -0.145. The number of hydrogen-bond donors (Lipinski definition) is 1. The number of carbonyl (C=O) groups is 1. The highest BCUT2D eigenvalue weighted by atomic mass is 16.5. The number of aromatic nitrogens is 2. The lowest BCUT2D eigenvalue weighted by atomic mass is 9.89. The minimum atomic E-state index is -0.754. The number of nitrogens with zero attached hydrogens (tertiary/aromatic N) is 3. The number of likely N-dealkylation sites (tertiary alicyclic amines) is 1. The van der Waals surface area contributed by atoms with E-state index in [2.05, 4.69) is 17.1 Å². The minimum absolute atomic E-state index is 0.192. The van der Waals surface area contributed by atoms with Gasteiger partial charge in [-0.15, -0.1) is 0 Å². The van der Waals surface area contributed by atoms with Gasteiger partial charge in [-0.25, -0.2) is 0 Å².